The fourth-order valence-electron chi connectivity index (χ4n) is 4.27. The number of nitrogens with zero attached hydrogens (tertiary/aromatic N) is 4. The number of anilines is 1. The molecular weight excluding hydrogens is 354 g/mol. The smallest absolute Gasteiger partial charge is 0.224 e. The summed E-state index contributed by atoms with van der Waals surface area (Å²) in [6, 6.07) is 8.19. The van der Waals surface area contributed by atoms with Crippen molar-refractivity contribution in [2.75, 3.05) is 57.4 Å². The summed E-state index contributed by atoms with van der Waals surface area (Å²) in [6.07, 6.45) is 2.97. The second-order valence-electron chi connectivity index (χ2n) is 7.84. The van der Waals surface area contributed by atoms with Gasteiger partial charge in [-0.3, -0.25) is 9.69 Å². The number of piperidine rings is 1. The molecule has 0 saturated carbocycles. The zero-order valence-corrected chi connectivity index (χ0v) is 16.8. The van der Waals surface area contributed by atoms with E-state index in [-0.39, 0.29) is 11.8 Å². The van der Waals surface area contributed by atoms with Gasteiger partial charge in [0.15, 0.2) is 0 Å². The molecule has 1 amide bonds. The lowest BCUT2D eigenvalue weighted by atomic mass is 9.97. The number of carbonyl (C=O) groups excluding carboxylic acids is 1. The maximum Gasteiger partial charge on any atom is 0.224 e. The van der Waals surface area contributed by atoms with Crippen LogP contribution in [0.3, 0.4) is 0 Å². The highest BCUT2D eigenvalue weighted by molar-refractivity contribution is 5.81. The van der Waals surface area contributed by atoms with Gasteiger partial charge in [-0.1, -0.05) is 12.1 Å². The monoisotopic (exact) mass is 385 g/mol. The molecule has 3 heterocycles. The van der Waals surface area contributed by atoms with Gasteiger partial charge in [0.05, 0.1) is 30.2 Å². The van der Waals surface area contributed by atoms with Gasteiger partial charge in [-0.05, 0) is 37.9 Å². The highest BCUT2D eigenvalue weighted by atomic mass is 16.5. The van der Waals surface area contributed by atoms with Crippen LogP contribution in [0.2, 0.25) is 0 Å². The lowest BCUT2D eigenvalue weighted by Crippen LogP contribution is -2.44. The van der Waals surface area contributed by atoms with Crippen molar-refractivity contribution in [2.45, 2.75) is 19.3 Å². The van der Waals surface area contributed by atoms with Crippen LogP contribution in [0.4, 0.5) is 5.95 Å². The molecule has 7 nitrogen and oxygen atoms in total. The molecule has 1 aromatic heterocycles. The number of fused-ring (bicyclic) bond motifs is 1. The van der Waals surface area contributed by atoms with Crippen LogP contribution in [0.25, 0.3) is 11.0 Å². The molecule has 2 aliphatic heterocycles. The van der Waals surface area contributed by atoms with Gasteiger partial charge in [0.1, 0.15) is 0 Å². The Morgan fingerprint density at radius 2 is 2.07 bits per heavy atom. The molecule has 0 radical (unpaired) electrons. The minimum atomic E-state index is 0.0388. The van der Waals surface area contributed by atoms with Gasteiger partial charge in [-0.25, -0.2) is 4.98 Å². The van der Waals surface area contributed by atoms with Crippen LogP contribution in [-0.2, 0) is 16.6 Å². The van der Waals surface area contributed by atoms with Crippen molar-refractivity contribution < 1.29 is 9.53 Å². The molecule has 152 valence electrons. The molecule has 1 N–H and O–H groups in total. The predicted octanol–water partition coefficient (Wildman–Crippen LogP) is 1.63. The number of para-hydroxylation sites is 2. The highest BCUT2D eigenvalue weighted by Gasteiger charge is 2.28. The maximum absolute atomic E-state index is 12.7. The zero-order chi connectivity index (χ0) is 19.3. The largest absolute Gasteiger partial charge is 0.379 e. The Balaban J connectivity index is 1.29. The number of hydrogen-bond acceptors (Lipinski definition) is 5. The van der Waals surface area contributed by atoms with Gasteiger partial charge in [0.25, 0.3) is 0 Å². The molecule has 2 saturated heterocycles. The van der Waals surface area contributed by atoms with E-state index in [1.807, 2.05) is 18.2 Å². The average molecular weight is 386 g/mol. The van der Waals surface area contributed by atoms with Crippen LogP contribution >= 0.6 is 0 Å². The third-order valence-corrected chi connectivity index (χ3v) is 5.89. The molecular formula is C21H31N5O2. The molecule has 4 rings (SSSR count). The normalized spacial score (nSPS) is 21.2. The minimum Gasteiger partial charge on any atom is -0.379 e. The van der Waals surface area contributed by atoms with Crippen molar-refractivity contribution in [3.63, 3.8) is 0 Å². The molecule has 0 aliphatic carbocycles. The quantitative estimate of drug-likeness (QED) is 0.766. The van der Waals surface area contributed by atoms with Crippen molar-refractivity contribution in [3.8, 4) is 0 Å². The number of benzene rings is 1. The summed E-state index contributed by atoms with van der Waals surface area (Å²) < 4.78 is 7.51. The fourth-order valence-corrected chi connectivity index (χ4v) is 4.27. The molecule has 28 heavy (non-hydrogen) atoms. The number of ether oxygens (including phenoxy) is 1. The number of aromatic nitrogens is 2. The van der Waals surface area contributed by atoms with Gasteiger partial charge < -0.3 is 19.5 Å². The van der Waals surface area contributed by atoms with E-state index in [4.69, 9.17) is 9.72 Å². The molecule has 2 fully saturated rings. The van der Waals surface area contributed by atoms with Crippen LogP contribution in [0.1, 0.15) is 19.3 Å². The number of aryl methyl sites for hydroxylation is 1. The Morgan fingerprint density at radius 1 is 1.25 bits per heavy atom. The fraction of sp³-hybridized carbons (Fsp3) is 0.619. The van der Waals surface area contributed by atoms with Crippen molar-refractivity contribution in [3.05, 3.63) is 24.3 Å². The van der Waals surface area contributed by atoms with Crippen LogP contribution in [-0.4, -0.2) is 72.8 Å². The van der Waals surface area contributed by atoms with E-state index in [1.165, 1.54) is 0 Å². The molecule has 7 heteroatoms. The number of rotatable bonds is 6. The molecule has 2 aliphatic rings. The van der Waals surface area contributed by atoms with E-state index in [0.717, 1.165) is 88.7 Å². The number of amides is 1. The Hall–Kier alpha value is -2.12. The number of nitrogens with one attached hydrogen (secondary N) is 1. The van der Waals surface area contributed by atoms with Gasteiger partial charge in [0.2, 0.25) is 11.9 Å². The first-order valence-corrected chi connectivity index (χ1v) is 10.5. The standard InChI is InChI=1S/C21H31N5O2/c1-24-19-8-3-2-7-18(19)23-21(24)26-11-4-6-17(16-26)20(27)22-9-5-10-25-12-14-28-15-13-25/h2-3,7-8,17H,4-6,9-16H2,1H3,(H,22,27)/t17-/m0/s1. The molecule has 0 unspecified atom stereocenters. The maximum atomic E-state index is 12.7. The third kappa shape index (κ3) is 4.31. The van der Waals surface area contributed by atoms with Crippen molar-refractivity contribution >= 4 is 22.9 Å². The third-order valence-electron chi connectivity index (χ3n) is 5.89. The Bertz CT molecular complexity index is 799. The Morgan fingerprint density at radius 3 is 2.89 bits per heavy atom. The molecule has 2 aromatic rings. The zero-order valence-electron chi connectivity index (χ0n) is 16.8. The number of imidazole rings is 1. The van der Waals surface area contributed by atoms with Crippen LogP contribution in [0.15, 0.2) is 24.3 Å². The van der Waals surface area contributed by atoms with Gasteiger partial charge in [-0.2, -0.15) is 0 Å². The predicted molar refractivity (Wildman–Crippen MR) is 111 cm³/mol. The summed E-state index contributed by atoms with van der Waals surface area (Å²) in [5.41, 5.74) is 2.14. The van der Waals surface area contributed by atoms with Gasteiger partial charge in [-0.15, -0.1) is 0 Å². The molecule has 1 atom stereocenters. The van der Waals surface area contributed by atoms with E-state index >= 15 is 0 Å². The lowest BCUT2D eigenvalue weighted by Gasteiger charge is -2.32. The summed E-state index contributed by atoms with van der Waals surface area (Å²) >= 11 is 0. The van der Waals surface area contributed by atoms with Crippen molar-refractivity contribution in [1.29, 1.82) is 0 Å². The molecule has 1 aromatic carbocycles. The lowest BCUT2D eigenvalue weighted by molar-refractivity contribution is -0.125. The van der Waals surface area contributed by atoms with E-state index in [0.29, 0.717) is 0 Å². The summed E-state index contributed by atoms with van der Waals surface area (Å²) in [5.74, 6) is 1.19. The first kappa shape index (κ1) is 19.2. The van der Waals surface area contributed by atoms with E-state index in [1.54, 1.807) is 0 Å². The Labute approximate surface area is 166 Å². The van der Waals surface area contributed by atoms with Crippen LogP contribution in [0, 0.1) is 5.92 Å². The topological polar surface area (TPSA) is 62.6 Å². The second-order valence-corrected chi connectivity index (χ2v) is 7.84. The molecule has 0 bridgehead atoms. The summed E-state index contributed by atoms with van der Waals surface area (Å²) in [6.45, 7) is 7.13. The van der Waals surface area contributed by atoms with Gasteiger partial charge in [0, 0.05) is 39.8 Å². The summed E-state index contributed by atoms with van der Waals surface area (Å²) in [7, 11) is 2.06. The minimum absolute atomic E-state index is 0.0388. The SMILES string of the molecule is Cn1c(N2CCC[C@H](C(=O)NCCCN3CCOCC3)C2)nc2ccccc21. The van der Waals surface area contributed by atoms with E-state index in [2.05, 4.69) is 32.8 Å². The highest BCUT2D eigenvalue weighted by Crippen LogP contribution is 2.26. The number of hydrogen-bond donors (Lipinski definition) is 1. The first-order valence-electron chi connectivity index (χ1n) is 10.5. The van der Waals surface area contributed by atoms with Crippen molar-refractivity contribution in [2.24, 2.45) is 13.0 Å². The van der Waals surface area contributed by atoms with Gasteiger partial charge >= 0.3 is 0 Å². The van der Waals surface area contributed by atoms with Crippen LogP contribution in [0.5, 0.6) is 0 Å². The first-order chi connectivity index (χ1) is 13.7. The van der Waals surface area contributed by atoms with E-state index < -0.39 is 0 Å². The summed E-state index contributed by atoms with van der Waals surface area (Å²) in [4.78, 5) is 22.2. The second kappa shape index (κ2) is 8.92. The number of morpholine rings is 1. The Kier molecular flexibility index (Phi) is 6.12. The van der Waals surface area contributed by atoms with Crippen LogP contribution < -0.4 is 10.2 Å². The molecule has 0 spiro atoms. The average Bonchev–Trinajstić information content (AvgIpc) is 3.09. The van der Waals surface area contributed by atoms with E-state index in [9.17, 15) is 4.79 Å². The van der Waals surface area contributed by atoms with Crippen molar-refractivity contribution in [1.82, 2.24) is 19.8 Å². The summed E-state index contributed by atoms with van der Waals surface area (Å²) in [5, 5.41) is 3.15. The number of carbonyl (C=O) groups is 1.